The number of aliphatic imine (C=N–C) groups is 1. The van der Waals surface area contributed by atoms with Crippen LogP contribution < -0.4 is 20.7 Å². The first kappa shape index (κ1) is 23.3. The predicted octanol–water partition coefficient (Wildman–Crippen LogP) is 3.58. The first-order valence-corrected chi connectivity index (χ1v) is 10.7. The molecule has 1 atom stereocenters. The molecular formula is C24H34N4O2. The third-order valence-corrected chi connectivity index (χ3v) is 4.65. The minimum atomic E-state index is -0.125. The summed E-state index contributed by atoms with van der Waals surface area (Å²) >= 11 is 0. The molecule has 0 heterocycles. The van der Waals surface area contributed by atoms with Gasteiger partial charge in [0.05, 0.1) is 12.6 Å². The van der Waals surface area contributed by atoms with E-state index >= 15 is 0 Å². The molecule has 162 valence electrons. The van der Waals surface area contributed by atoms with Gasteiger partial charge in [-0.25, -0.2) is 4.99 Å². The Kier molecular flexibility index (Phi) is 9.71. The average Bonchev–Trinajstić information content (AvgIpc) is 2.77. The summed E-state index contributed by atoms with van der Waals surface area (Å²) < 4.78 is 5.56. The van der Waals surface area contributed by atoms with E-state index in [-0.39, 0.29) is 18.6 Å². The van der Waals surface area contributed by atoms with Crippen molar-refractivity contribution < 1.29 is 9.53 Å². The number of nitrogens with one attached hydrogen (secondary N) is 3. The SMILES string of the molecule is CCNC(=O)COc1cccc(CN=C(NCC)NC(C)c2ccc(CC)cc2)c1. The molecule has 0 aliphatic heterocycles. The Morgan fingerprint density at radius 2 is 1.73 bits per heavy atom. The Morgan fingerprint density at radius 1 is 1.00 bits per heavy atom. The van der Waals surface area contributed by atoms with Gasteiger partial charge < -0.3 is 20.7 Å². The Hall–Kier alpha value is -3.02. The van der Waals surface area contributed by atoms with Crippen molar-refractivity contribution in [3.63, 3.8) is 0 Å². The highest BCUT2D eigenvalue weighted by Crippen LogP contribution is 2.15. The van der Waals surface area contributed by atoms with E-state index in [2.05, 4.69) is 54.1 Å². The average molecular weight is 411 g/mol. The molecule has 0 saturated carbocycles. The van der Waals surface area contributed by atoms with Gasteiger partial charge in [0.2, 0.25) is 0 Å². The minimum absolute atomic E-state index is 0.0130. The van der Waals surface area contributed by atoms with Crippen molar-refractivity contribution >= 4 is 11.9 Å². The zero-order valence-corrected chi connectivity index (χ0v) is 18.5. The van der Waals surface area contributed by atoms with Crippen LogP contribution >= 0.6 is 0 Å². The van der Waals surface area contributed by atoms with Crippen LogP contribution in [0.1, 0.15) is 50.4 Å². The molecule has 0 aliphatic rings. The zero-order valence-electron chi connectivity index (χ0n) is 18.5. The number of carbonyl (C=O) groups is 1. The fraction of sp³-hybridized carbons (Fsp3) is 0.417. The van der Waals surface area contributed by atoms with E-state index < -0.39 is 0 Å². The summed E-state index contributed by atoms with van der Waals surface area (Å²) in [7, 11) is 0. The first-order valence-electron chi connectivity index (χ1n) is 10.7. The second kappa shape index (κ2) is 12.5. The number of guanidine groups is 1. The van der Waals surface area contributed by atoms with Gasteiger partial charge in [-0.3, -0.25) is 4.79 Å². The fourth-order valence-electron chi connectivity index (χ4n) is 2.95. The summed E-state index contributed by atoms with van der Waals surface area (Å²) in [5, 5.41) is 9.49. The number of ether oxygens (including phenoxy) is 1. The van der Waals surface area contributed by atoms with E-state index in [4.69, 9.17) is 9.73 Å². The van der Waals surface area contributed by atoms with Crippen LogP contribution in [0, 0.1) is 0 Å². The van der Waals surface area contributed by atoms with Crippen LogP contribution in [0.2, 0.25) is 0 Å². The number of hydrogen-bond acceptors (Lipinski definition) is 3. The van der Waals surface area contributed by atoms with Crippen molar-refractivity contribution in [1.82, 2.24) is 16.0 Å². The van der Waals surface area contributed by atoms with E-state index in [1.807, 2.05) is 38.1 Å². The van der Waals surface area contributed by atoms with Gasteiger partial charge in [0.15, 0.2) is 12.6 Å². The number of benzene rings is 2. The lowest BCUT2D eigenvalue weighted by molar-refractivity contribution is -0.122. The van der Waals surface area contributed by atoms with Gasteiger partial charge >= 0.3 is 0 Å². The van der Waals surface area contributed by atoms with Crippen LogP contribution in [0.3, 0.4) is 0 Å². The summed E-state index contributed by atoms with van der Waals surface area (Å²) in [6.07, 6.45) is 1.04. The summed E-state index contributed by atoms with van der Waals surface area (Å²) in [6.45, 7) is 10.1. The zero-order chi connectivity index (χ0) is 21.8. The molecule has 0 aliphatic carbocycles. The van der Waals surface area contributed by atoms with Crippen LogP contribution in [0.15, 0.2) is 53.5 Å². The highest BCUT2D eigenvalue weighted by Gasteiger charge is 2.08. The van der Waals surface area contributed by atoms with Crippen molar-refractivity contribution in [3.05, 3.63) is 65.2 Å². The third kappa shape index (κ3) is 7.78. The van der Waals surface area contributed by atoms with Crippen molar-refractivity contribution in [2.24, 2.45) is 4.99 Å². The van der Waals surface area contributed by atoms with Crippen molar-refractivity contribution in [1.29, 1.82) is 0 Å². The molecular weight excluding hydrogens is 376 g/mol. The van der Waals surface area contributed by atoms with Gasteiger partial charge in [0.1, 0.15) is 5.75 Å². The van der Waals surface area contributed by atoms with Crippen LogP contribution in [0.25, 0.3) is 0 Å². The maximum absolute atomic E-state index is 11.6. The van der Waals surface area contributed by atoms with Crippen molar-refractivity contribution in [2.45, 2.75) is 46.7 Å². The monoisotopic (exact) mass is 410 g/mol. The molecule has 0 saturated heterocycles. The molecule has 6 nitrogen and oxygen atoms in total. The largest absolute Gasteiger partial charge is 0.484 e. The molecule has 0 spiro atoms. The highest BCUT2D eigenvalue weighted by atomic mass is 16.5. The fourth-order valence-corrected chi connectivity index (χ4v) is 2.95. The normalized spacial score (nSPS) is 12.2. The molecule has 30 heavy (non-hydrogen) atoms. The predicted molar refractivity (Wildman–Crippen MR) is 123 cm³/mol. The van der Waals surface area contributed by atoms with Crippen LogP contribution in [-0.4, -0.2) is 31.6 Å². The van der Waals surface area contributed by atoms with Crippen LogP contribution in [0.5, 0.6) is 5.75 Å². The minimum Gasteiger partial charge on any atom is -0.484 e. The number of amides is 1. The van der Waals surface area contributed by atoms with Gasteiger partial charge in [0, 0.05) is 13.1 Å². The number of hydrogen-bond donors (Lipinski definition) is 3. The quantitative estimate of drug-likeness (QED) is 0.413. The Balaban J connectivity index is 1.99. The molecule has 1 amide bonds. The maximum atomic E-state index is 11.6. The lowest BCUT2D eigenvalue weighted by Crippen LogP contribution is -2.38. The highest BCUT2D eigenvalue weighted by molar-refractivity contribution is 5.80. The Morgan fingerprint density at radius 3 is 2.40 bits per heavy atom. The van der Waals surface area contributed by atoms with Crippen LogP contribution in [-0.2, 0) is 17.8 Å². The third-order valence-electron chi connectivity index (χ3n) is 4.65. The first-order chi connectivity index (χ1) is 14.5. The van der Waals surface area contributed by atoms with Gasteiger partial charge in [-0.1, -0.05) is 43.3 Å². The molecule has 0 radical (unpaired) electrons. The van der Waals surface area contributed by atoms with Crippen molar-refractivity contribution in [2.75, 3.05) is 19.7 Å². The summed E-state index contributed by atoms with van der Waals surface area (Å²) in [6, 6.07) is 16.5. The van der Waals surface area contributed by atoms with E-state index in [0.29, 0.717) is 18.8 Å². The molecule has 3 N–H and O–H groups in total. The topological polar surface area (TPSA) is 74.8 Å². The number of aryl methyl sites for hydroxylation is 1. The van der Waals surface area contributed by atoms with E-state index in [0.717, 1.165) is 24.5 Å². The summed E-state index contributed by atoms with van der Waals surface area (Å²) in [5.41, 5.74) is 3.57. The molecule has 2 rings (SSSR count). The number of carbonyl (C=O) groups excluding carboxylic acids is 1. The molecule has 0 fully saturated rings. The number of rotatable bonds is 10. The Labute approximate surface area is 180 Å². The second-order valence-electron chi connectivity index (χ2n) is 7.05. The van der Waals surface area contributed by atoms with Gasteiger partial charge in [-0.15, -0.1) is 0 Å². The van der Waals surface area contributed by atoms with Gasteiger partial charge in [-0.05, 0) is 56.0 Å². The van der Waals surface area contributed by atoms with Crippen molar-refractivity contribution in [3.8, 4) is 5.75 Å². The molecule has 0 bridgehead atoms. The molecule has 2 aromatic rings. The molecule has 2 aromatic carbocycles. The molecule has 0 aromatic heterocycles. The maximum Gasteiger partial charge on any atom is 0.257 e. The van der Waals surface area contributed by atoms with E-state index in [1.165, 1.54) is 11.1 Å². The lowest BCUT2D eigenvalue weighted by Gasteiger charge is -2.18. The smallest absolute Gasteiger partial charge is 0.257 e. The molecule has 6 heteroatoms. The summed E-state index contributed by atoms with van der Waals surface area (Å²) in [4.78, 5) is 16.3. The van der Waals surface area contributed by atoms with Crippen LogP contribution in [0.4, 0.5) is 0 Å². The van der Waals surface area contributed by atoms with E-state index in [9.17, 15) is 4.79 Å². The standard InChI is InChI=1S/C24H34N4O2/c1-5-19-11-13-21(14-12-19)18(4)28-24(26-7-3)27-16-20-9-8-10-22(15-20)30-17-23(29)25-6-2/h8-15,18H,5-7,16-17H2,1-4H3,(H,25,29)(H2,26,27,28). The van der Waals surface area contributed by atoms with Gasteiger partial charge in [0.25, 0.3) is 5.91 Å². The Bertz CT molecular complexity index is 818. The summed E-state index contributed by atoms with van der Waals surface area (Å²) in [5.74, 6) is 1.30. The number of nitrogens with zero attached hydrogens (tertiary/aromatic N) is 1. The lowest BCUT2D eigenvalue weighted by atomic mass is 10.1. The molecule has 1 unspecified atom stereocenters. The van der Waals surface area contributed by atoms with Gasteiger partial charge in [-0.2, -0.15) is 0 Å². The number of likely N-dealkylation sites (N-methyl/N-ethyl adjacent to an activating group) is 1. The van der Waals surface area contributed by atoms with E-state index in [1.54, 1.807) is 0 Å². The second-order valence-corrected chi connectivity index (χ2v) is 7.05.